The maximum atomic E-state index is 12.3. The van der Waals surface area contributed by atoms with Crippen LogP contribution in [0.4, 0.5) is 17.1 Å². The number of benzene rings is 2. The van der Waals surface area contributed by atoms with E-state index >= 15 is 0 Å². The maximum Gasteiger partial charge on any atom is 0.314 e. The van der Waals surface area contributed by atoms with E-state index in [0.717, 1.165) is 12.8 Å². The summed E-state index contributed by atoms with van der Waals surface area (Å²) in [6.07, 6.45) is 2.35. The summed E-state index contributed by atoms with van der Waals surface area (Å²) in [6, 6.07) is 11.7. The van der Waals surface area contributed by atoms with Crippen LogP contribution in [0.3, 0.4) is 0 Å². The van der Waals surface area contributed by atoms with E-state index in [-0.39, 0.29) is 5.91 Å². The molecule has 2 aromatic rings. The van der Waals surface area contributed by atoms with Crippen molar-refractivity contribution in [3.05, 3.63) is 42.5 Å². The number of carbonyl (C=O) groups excluding carboxylic acids is 3. The molecule has 1 fully saturated rings. The Labute approximate surface area is 168 Å². The number of amides is 3. The number of methoxy groups -OCH3 is 2. The highest BCUT2D eigenvalue weighted by atomic mass is 16.5. The standard InChI is InChI=1S/C21H23N3O5/c1-28-17-10-9-15(13-18(17)29-2)23-21(27)20(26)22-14-6-5-7-16(12-14)24-11-4-3-8-19(24)25/h5-7,9-10,12-13H,3-4,8,11H2,1-2H3,(H,22,26)(H,23,27). The van der Waals surface area contributed by atoms with Crippen molar-refractivity contribution in [2.75, 3.05) is 36.3 Å². The van der Waals surface area contributed by atoms with E-state index in [4.69, 9.17) is 9.47 Å². The van der Waals surface area contributed by atoms with E-state index in [1.54, 1.807) is 41.3 Å². The van der Waals surface area contributed by atoms with E-state index in [1.807, 2.05) is 6.07 Å². The van der Waals surface area contributed by atoms with Gasteiger partial charge in [0.1, 0.15) is 0 Å². The van der Waals surface area contributed by atoms with Crippen LogP contribution >= 0.6 is 0 Å². The van der Waals surface area contributed by atoms with Gasteiger partial charge in [-0.15, -0.1) is 0 Å². The Morgan fingerprint density at radius 1 is 0.897 bits per heavy atom. The molecule has 8 nitrogen and oxygen atoms in total. The van der Waals surface area contributed by atoms with E-state index < -0.39 is 11.8 Å². The summed E-state index contributed by atoms with van der Waals surface area (Å²) in [5.41, 5.74) is 1.54. The molecule has 29 heavy (non-hydrogen) atoms. The van der Waals surface area contributed by atoms with Crippen molar-refractivity contribution in [3.8, 4) is 11.5 Å². The van der Waals surface area contributed by atoms with E-state index in [0.29, 0.717) is 41.5 Å². The Bertz CT molecular complexity index is 928. The van der Waals surface area contributed by atoms with Crippen LogP contribution in [0.2, 0.25) is 0 Å². The van der Waals surface area contributed by atoms with Gasteiger partial charge < -0.3 is 25.0 Å². The number of carbonyl (C=O) groups is 3. The van der Waals surface area contributed by atoms with Gasteiger partial charge in [-0.2, -0.15) is 0 Å². The predicted octanol–water partition coefficient (Wildman–Crippen LogP) is 2.80. The average Bonchev–Trinajstić information content (AvgIpc) is 2.74. The molecule has 1 aliphatic rings. The summed E-state index contributed by atoms with van der Waals surface area (Å²) in [6.45, 7) is 0.649. The third-order valence-corrected chi connectivity index (χ3v) is 4.59. The second-order valence-corrected chi connectivity index (χ2v) is 6.53. The van der Waals surface area contributed by atoms with Crippen LogP contribution in [0.1, 0.15) is 19.3 Å². The average molecular weight is 397 g/mol. The Morgan fingerprint density at radius 2 is 1.59 bits per heavy atom. The minimum atomic E-state index is -0.823. The second kappa shape index (κ2) is 9.09. The fraction of sp³-hybridized carbons (Fsp3) is 0.286. The zero-order chi connectivity index (χ0) is 20.8. The van der Waals surface area contributed by atoms with Crippen LogP contribution in [0.25, 0.3) is 0 Å². The quantitative estimate of drug-likeness (QED) is 0.757. The number of ether oxygens (including phenoxy) is 2. The number of piperidine rings is 1. The molecule has 1 saturated heterocycles. The van der Waals surface area contributed by atoms with Crippen LogP contribution in [0, 0.1) is 0 Å². The fourth-order valence-electron chi connectivity index (χ4n) is 3.12. The maximum absolute atomic E-state index is 12.3. The van der Waals surface area contributed by atoms with Gasteiger partial charge in [0.2, 0.25) is 5.91 Å². The smallest absolute Gasteiger partial charge is 0.314 e. The molecule has 0 aliphatic carbocycles. The van der Waals surface area contributed by atoms with Crippen LogP contribution in [0.15, 0.2) is 42.5 Å². The fourth-order valence-corrected chi connectivity index (χ4v) is 3.12. The summed E-state index contributed by atoms with van der Waals surface area (Å²) in [5, 5.41) is 5.08. The van der Waals surface area contributed by atoms with Crippen LogP contribution in [0.5, 0.6) is 11.5 Å². The summed E-state index contributed by atoms with van der Waals surface area (Å²) >= 11 is 0. The molecule has 1 aliphatic heterocycles. The molecule has 0 saturated carbocycles. The molecule has 3 rings (SSSR count). The number of hydrogen-bond acceptors (Lipinski definition) is 5. The number of nitrogens with one attached hydrogen (secondary N) is 2. The first-order valence-corrected chi connectivity index (χ1v) is 9.26. The highest BCUT2D eigenvalue weighted by molar-refractivity contribution is 6.43. The van der Waals surface area contributed by atoms with Gasteiger partial charge in [0.15, 0.2) is 11.5 Å². The van der Waals surface area contributed by atoms with Crippen LogP contribution in [-0.2, 0) is 14.4 Å². The molecule has 8 heteroatoms. The van der Waals surface area contributed by atoms with E-state index in [1.165, 1.54) is 14.2 Å². The molecule has 0 unspecified atom stereocenters. The molecule has 0 spiro atoms. The van der Waals surface area contributed by atoms with Gasteiger partial charge in [-0.1, -0.05) is 6.07 Å². The van der Waals surface area contributed by atoms with Crippen molar-refractivity contribution >= 4 is 34.8 Å². The molecule has 2 aromatic carbocycles. The van der Waals surface area contributed by atoms with Crippen molar-refractivity contribution < 1.29 is 23.9 Å². The highest BCUT2D eigenvalue weighted by Crippen LogP contribution is 2.29. The monoisotopic (exact) mass is 397 g/mol. The lowest BCUT2D eigenvalue weighted by atomic mass is 10.1. The van der Waals surface area contributed by atoms with Crippen LogP contribution < -0.4 is 25.0 Å². The Kier molecular flexibility index (Phi) is 6.33. The molecular formula is C21H23N3O5. The molecule has 0 atom stereocenters. The predicted molar refractivity (Wildman–Crippen MR) is 109 cm³/mol. The molecule has 0 radical (unpaired) electrons. The molecule has 3 amide bonds. The lowest BCUT2D eigenvalue weighted by Crippen LogP contribution is -2.35. The zero-order valence-corrected chi connectivity index (χ0v) is 16.4. The Morgan fingerprint density at radius 3 is 2.24 bits per heavy atom. The van der Waals surface area contributed by atoms with Crippen molar-refractivity contribution in [2.24, 2.45) is 0 Å². The number of nitrogens with zero attached hydrogens (tertiary/aromatic N) is 1. The molecule has 1 heterocycles. The molecule has 152 valence electrons. The van der Waals surface area contributed by atoms with Crippen LogP contribution in [-0.4, -0.2) is 38.5 Å². The van der Waals surface area contributed by atoms with E-state index in [2.05, 4.69) is 10.6 Å². The third-order valence-electron chi connectivity index (χ3n) is 4.59. The molecule has 0 aromatic heterocycles. The normalized spacial score (nSPS) is 13.6. The summed E-state index contributed by atoms with van der Waals surface area (Å²) in [7, 11) is 2.99. The lowest BCUT2D eigenvalue weighted by molar-refractivity contribution is -0.132. The second-order valence-electron chi connectivity index (χ2n) is 6.53. The van der Waals surface area contributed by atoms with Crippen molar-refractivity contribution in [1.82, 2.24) is 0 Å². The largest absolute Gasteiger partial charge is 0.493 e. The number of rotatable bonds is 5. The van der Waals surface area contributed by atoms with Gasteiger partial charge in [-0.3, -0.25) is 14.4 Å². The first-order chi connectivity index (χ1) is 14.0. The topological polar surface area (TPSA) is 97.0 Å². The lowest BCUT2D eigenvalue weighted by Gasteiger charge is -2.27. The van der Waals surface area contributed by atoms with Gasteiger partial charge in [-0.25, -0.2) is 0 Å². The Balaban J connectivity index is 1.66. The SMILES string of the molecule is COc1ccc(NC(=O)C(=O)Nc2cccc(N3CCCCC3=O)c2)cc1OC. The third kappa shape index (κ3) is 4.84. The zero-order valence-electron chi connectivity index (χ0n) is 16.4. The molecule has 2 N–H and O–H groups in total. The summed E-state index contributed by atoms with van der Waals surface area (Å²) < 4.78 is 10.3. The number of hydrogen-bond donors (Lipinski definition) is 2. The van der Waals surface area contributed by atoms with Crippen molar-refractivity contribution in [1.29, 1.82) is 0 Å². The van der Waals surface area contributed by atoms with Gasteiger partial charge >= 0.3 is 11.8 Å². The molecular weight excluding hydrogens is 374 g/mol. The van der Waals surface area contributed by atoms with E-state index in [9.17, 15) is 14.4 Å². The van der Waals surface area contributed by atoms with Crippen molar-refractivity contribution in [2.45, 2.75) is 19.3 Å². The minimum absolute atomic E-state index is 0.0610. The first-order valence-electron chi connectivity index (χ1n) is 9.26. The molecule has 0 bridgehead atoms. The number of anilines is 3. The van der Waals surface area contributed by atoms with Crippen molar-refractivity contribution in [3.63, 3.8) is 0 Å². The van der Waals surface area contributed by atoms with Gasteiger partial charge in [0, 0.05) is 36.1 Å². The highest BCUT2D eigenvalue weighted by Gasteiger charge is 2.20. The van der Waals surface area contributed by atoms with Gasteiger partial charge in [0.25, 0.3) is 0 Å². The van der Waals surface area contributed by atoms with Gasteiger partial charge in [0.05, 0.1) is 14.2 Å². The first kappa shape index (κ1) is 20.2. The Hall–Kier alpha value is -3.55. The summed E-state index contributed by atoms with van der Waals surface area (Å²) in [5.74, 6) is -0.631. The summed E-state index contributed by atoms with van der Waals surface area (Å²) in [4.78, 5) is 38.3. The minimum Gasteiger partial charge on any atom is -0.493 e. The van der Waals surface area contributed by atoms with Gasteiger partial charge in [-0.05, 0) is 43.2 Å².